The molecule has 2 aromatic carbocycles. The molecule has 1 aliphatic heterocycles. The Bertz CT molecular complexity index is 927. The minimum absolute atomic E-state index is 0.109. The van der Waals surface area contributed by atoms with Crippen LogP contribution in [0.5, 0.6) is 5.75 Å². The predicted octanol–water partition coefficient (Wildman–Crippen LogP) is 1.04. The number of fused-ring (bicyclic) bond motifs is 1. The van der Waals surface area contributed by atoms with Crippen LogP contribution in [0.2, 0.25) is 0 Å². The average Bonchev–Trinajstić information content (AvgIpc) is 2.93. The van der Waals surface area contributed by atoms with Gasteiger partial charge in [-0.15, -0.1) is 0 Å². The van der Waals surface area contributed by atoms with Crippen LogP contribution in [0.25, 0.3) is 0 Å². The van der Waals surface area contributed by atoms with Gasteiger partial charge in [0.05, 0.1) is 11.1 Å². The van der Waals surface area contributed by atoms with E-state index in [1.807, 2.05) is 0 Å². The summed E-state index contributed by atoms with van der Waals surface area (Å²) >= 11 is 0. The summed E-state index contributed by atoms with van der Waals surface area (Å²) in [6, 6.07) is 11.8. The van der Waals surface area contributed by atoms with Crippen LogP contribution < -0.4 is 15.6 Å². The molecular weight excluding hydrogens is 369 g/mol. The van der Waals surface area contributed by atoms with Crippen molar-refractivity contribution in [3.05, 3.63) is 65.5 Å². The van der Waals surface area contributed by atoms with Crippen molar-refractivity contribution in [2.45, 2.75) is 13.0 Å². The van der Waals surface area contributed by atoms with Gasteiger partial charge >= 0.3 is 0 Å². The van der Waals surface area contributed by atoms with Crippen molar-refractivity contribution in [3.8, 4) is 5.75 Å². The average molecular weight is 385 g/mol. The topological polar surface area (TPSA) is 105 Å². The number of hydrazine groups is 1. The Morgan fingerprint density at radius 1 is 1.00 bits per heavy atom. The number of halogens is 1. The molecule has 3 rings (SSSR count). The molecule has 28 heavy (non-hydrogen) atoms. The van der Waals surface area contributed by atoms with Gasteiger partial charge in [-0.3, -0.25) is 34.9 Å². The van der Waals surface area contributed by atoms with Gasteiger partial charge in [-0.25, -0.2) is 4.39 Å². The Morgan fingerprint density at radius 3 is 2.18 bits per heavy atom. The van der Waals surface area contributed by atoms with Gasteiger partial charge in [0.1, 0.15) is 6.54 Å². The third-order valence-corrected chi connectivity index (χ3v) is 4.01. The fourth-order valence-corrected chi connectivity index (χ4v) is 2.58. The lowest BCUT2D eigenvalue weighted by atomic mass is 10.1. The predicted molar refractivity (Wildman–Crippen MR) is 94.6 cm³/mol. The molecule has 8 nitrogen and oxygen atoms in total. The first kappa shape index (κ1) is 19.0. The van der Waals surface area contributed by atoms with E-state index < -0.39 is 42.1 Å². The fourth-order valence-electron chi connectivity index (χ4n) is 2.58. The molecule has 2 aromatic rings. The Morgan fingerprint density at radius 2 is 1.57 bits per heavy atom. The molecule has 9 heteroatoms. The van der Waals surface area contributed by atoms with Crippen molar-refractivity contribution >= 4 is 23.6 Å². The summed E-state index contributed by atoms with van der Waals surface area (Å²) in [6.07, 6.45) is -1.10. The van der Waals surface area contributed by atoms with Crippen LogP contribution in [0.3, 0.4) is 0 Å². The van der Waals surface area contributed by atoms with Crippen LogP contribution in [0, 0.1) is 5.82 Å². The lowest BCUT2D eigenvalue weighted by molar-refractivity contribution is -0.132. The van der Waals surface area contributed by atoms with Gasteiger partial charge in [-0.05, 0) is 31.2 Å². The number of carbonyl (C=O) groups is 4. The van der Waals surface area contributed by atoms with Crippen LogP contribution in [-0.4, -0.2) is 41.2 Å². The maximum atomic E-state index is 13.5. The summed E-state index contributed by atoms with van der Waals surface area (Å²) in [5.41, 5.74) is 4.65. The Balaban J connectivity index is 1.52. The molecule has 1 atom stereocenters. The first-order valence-corrected chi connectivity index (χ1v) is 8.33. The fraction of sp³-hybridized carbons (Fsp3) is 0.158. The normalized spacial score (nSPS) is 13.7. The van der Waals surface area contributed by atoms with Gasteiger partial charge in [0.15, 0.2) is 17.7 Å². The van der Waals surface area contributed by atoms with Crippen molar-refractivity contribution in [3.63, 3.8) is 0 Å². The maximum Gasteiger partial charge on any atom is 0.279 e. The Kier molecular flexibility index (Phi) is 5.35. The summed E-state index contributed by atoms with van der Waals surface area (Å²) in [4.78, 5) is 49.2. The molecule has 0 bridgehead atoms. The molecule has 0 radical (unpaired) electrons. The van der Waals surface area contributed by atoms with E-state index in [2.05, 4.69) is 10.9 Å². The number of amides is 4. The number of imide groups is 1. The molecule has 0 aromatic heterocycles. The number of nitrogens with one attached hydrogen (secondary N) is 2. The lowest BCUT2D eigenvalue weighted by Crippen LogP contribution is -2.50. The van der Waals surface area contributed by atoms with Crippen LogP contribution in [0.15, 0.2) is 48.5 Å². The molecule has 0 saturated carbocycles. The van der Waals surface area contributed by atoms with Crippen molar-refractivity contribution in [1.82, 2.24) is 15.8 Å². The molecule has 0 spiro atoms. The van der Waals surface area contributed by atoms with Crippen molar-refractivity contribution in [1.29, 1.82) is 0 Å². The molecule has 144 valence electrons. The van der Waals surface area contributed by atoms with Crippen LogP contribution in [0.1, 0.15) is 27.6 Å². The van der Waals surface area contributed by atoms with Crippen LogP contribution >= 0.6 is 0 Å². The zero-order valence-corrected chi connectivity index (χ0v) is 14.8. The van der Waals surface area contributed by atoms with E-state index in [1.165, 1.54) is 37.3 Å². The minimum atomic E-state index is -1.10. The van der Waals surface area contributed by atoms with Gasteiger partial charge in [0.2, 0.25) is 0 Å². The van der Waals surface area contributed by atoms with Gasteiger partial charge in [-0.1, -0.05) is 24.3 Å². The summed E-state index contributed by atoms with van der Waals surface area (Å²) < 4.78 is 18.7. The van der Waals surface area contributed by atoms with Gasteiger partial charge in [0.25, 0.3) is 23.6 Å². The Labute approximate surface area is 159 Å². The molecule has 0 saturated heterocycles. The second-order valence-electron chi connectivity index (χ2n) is 5.97. The molecular formula is C19H16FN3O5. The second kappa shape index (κ2) is 7.87. The summed E-state index contributed by atoms with van der Waals surface area (Å²) in [5.74, 6) is -3.42. The SMILES string of the molecule is CC(Oc1ccccc1F)C(=O)NNC(=O)CN1C(=O)c2ccccc2C1=O. The third-order valence-electron chi connectivity index (χ3n) is 4.01. The van der Waals surface area contributed by atoms with E-state index in [-0.39, 0.29) is 16.9 Å². The third kappa shape index (κ3) is 3.83. The lowest BCUT2D eigenvalue weighted by Gasteiger charge is -2.17. The number of nitrogens with zero attached hydrogens (tertiary/aromatic N) is 1. The highest BCUT2D eigenvalue weighted by molar-refractivity contribution is 6.22. The molecule has 1 aliphatic rings. The quantitative estimate of drug-likeness (QED) is 0.591. The monoisotopic (exact) mass is 385 g/mol. The van der Waals surface area contributed by atoms with E-state index in [1.54, 1.807) is 18.2 Å². The first-order chi connectivity index (χ1) is 13.4. The van der Waals surface area contributed by atoms with E-state index in [0.29, 0.717) is 0 Å². The van der Waals surface area contributed by atoms with Gasteiger partial charge in [-0.2, -0.15) is 0 Å². The number of rotatable bonds is 5. The van der Waals surface area contributed by atoms with Gasteiger partial charge in [0, 0.05) is 0 Å². The number of para-hydroxylation sites is 1. The zero-order valence-electron chi connectivity index (χ0n) is 14.8. The molecule has 1 heterocycles. The largest absolute Gasteiger partial charge is 0.478 e. The Hall–Kier alpha value is -3.75. The molecule has 2 N–H and O–H groups in total. The van der Waals surface area contributed by atoms with Crippen LogP contribution in [-0.2, 0) is 9.59 Å². The standard InChI is InChI=1S/C19H16FN3O5/c1-11(28-15-9-5-4-8-14(15)20)17(25)22-21-16(24)10-23-18(26)12-6-2-3-7-13(12)19(23)27/h2-9,11H,10H2,1H3,(H,21,24)(H,22,25). The number of hydrogen-bond donors (Lipinski definition) is 2. The number of ether oxygens (including phenoxy) is 1. The molecule has 0 fully saturated rings. The minimum Gasteiger partial charge on any atom is -0.478 e. The van der Waals surface area contributed by atoms with Crippen molar-refractivity contribution < 1.29 is 28.3 Å². The number of benzene rings is 2. The smallest absolute Gasteiger partial charge is 0.279 e. The van der Waals surface area contributed by atoms with E-state index in [4.69, 9.17) is 4.74 Å². The van der Waals surface area contributed by atoms with Crippen molar-refractivity contribution in [2.24, 2.45) is 0 Å². The molecule has 4 amide bonds. The number of carbonyl (C=O) groups excluding carboxylic acids is 4. The number of hydrogen-bond acceptors (Lipinski definition) is 5. The summed E-state index contributed by atoms with van der Waals surface area (Å²) in [6.45, 7) is 0.813. The van der Waals surface area contributed by atoms with Gasteiger partial charge < -0.3 is 4.74 Å². The summed E-state index contributed by atoms with van der Waals surface area (Å²) in [7, 11) is 0. The second-order valence-corrected chi connectivity index (χ2v) is 5.97. The zero-order chi connectivity index (χ0) is 20.3. The maximum absolute atomic E-state index is 13.5. The highest BCUT2D eigenvalue weighted by Crippen LogP contribution is 2.21. The highest BCUT2D eigenvalue weighted by Gasteiger charge is 2.36. The van der Waals surface area contributed by atoms with E-state index >= 15 is 0 Å². The van der Waals surface area contributed by atoms with E-state index in [9.17, 15) is 23.6 Å². The summed E-state index contributed by atoms with van der Waals surface area (Å²) in [5, 5.41) is 0. The van der Waals surface area contributed by atoms with E-state index in [0.717, 1.165) is 4.90 Å². The molecule has 1 unspecified atom stereocenters. The highest BCUT2D eigenvalue weighted by atomic mass is 19.1. The first-order valence-electron chi connectivity index (χ1n) is 8.33. The van der Waals surface area contributed by atoms with Crippen LogP contribution in [0.4, 0.5) is 4.39 Å². The molecule has 0 aliphatic carbocycles. The van der Waals surface area contributed by atoms with Crippen molar-refractivity contribution in [2.75, 3.05) is 6.54 Å².